The van der Waals surface area contributed by atoms with E-state index in [-0.39, 0.29) is 0 Å². The molecule has 0 saturated carbocycles. The number of rotatable bonds is 0. The maximum atomic E-state index is 5.52. The Hall–Kier alpha value is 0.713. The van der Waals surface area contributed by atoms with Crippen LogP contribution in [0, 0.1) is 6.07 Å². The summed E-state index contributed by atoms with van der Waals surface area (Å²) in [4.78, 5) is 0. The third kappa shape index (κ3) is 4.52. The van der Waals surface area contributed by atoms with E-state index in [1.807, 2.05) is 0 Å². The van der Waals surface area contributed by atoms with Crippen LogP contribution in [-0.4, -0.2) is 0 Å². The van der Waals surface area contributed by atoms with Crippen LogP contribution in [0.3, 0.4) is 0 Å². The van der Waals surface area contributed by atoms with Gasteiger partial charge in [-0.1, -0.05) is 10.0 Å². The number of hydrogen-bond acceptors (Lipinski definition) is 0. The number of halogens is 3. The van der Waals surface area contributed by atoms with Crippen molar-refractivity contribution in [3.63, 3.8) is 0 Å². The SMILES string of the molecule is Clc1[c-]cc(Cl)cc1.[Cl][Zn+]. The molecule has 0 N–H and O–H groups in total. The topological polar surface area (TPSA) is 0 Å². The molecule has 0 spiro atoms. The molecule has 50 valence electrons. The summed E-state index contributed by atoms with van der Waals surface area (Å²) in [5.74, 6) is 0. The van der Waals surface area contributed by atoms with Gasteiger partial charge in [0, 0.05) is 0 Å². The van der Waals surface area contributed by atoms with Crippen molar-refractivity contribution < 1.29 is 17.3 Å². The molecule has 0 unspecified atom stereocenters. The number of benzene rings is 1. The zero-order valence-corrected chi connectivity index (χ0v) is 10.3. The van der Waals surface area contributed by atoms with Gasteiger partial charge in [0.15, 0.2) is 0 Å². The monoisotopic (exact) mass is 244 g/mol. The van der Waals surface area contributed by atoms with E-state index in [0.717, 1.165) is 17.3 Å². The van der Waals surface area contributed by atoms with Crippen LogP contribution in [0.15, 0.2) is 18.2 Å². The molecule has 0 atom stereocenters. The van der Waals surface area contributed by atoms with Crippen LogP contribution in [0.25, 0.3) is 0 Å². The Bertz CT molecular complexity index is 152. The molecule has 1 aromatic rings. The molecular formula is C6H3Cl3Zn. The Morgan fingerprint density at radius 1 is 1.20 bits per heavy atom. The van der Waals surface area contributed by atoms with Gasteiger partial charge in [-0.15, -0.1) is 11.6 Å². The van der Waals surface area contributed by atoms with Crippen LogP contribution >= 0.6 is 32.9 Å². The van der Waals surface area contributed by atoms with E-state index in [1.54, 1.807) is 18.2 Å². The van der Waals surface area contributed by atoms with Crippen LogP contribution in [0.2, 0.25) is 10.0 Å². The molecule has 0 aliphatic heterocycles. The van der Waals surface area contributed by atoms with Gasteiger partial charge in [-0.3, -0.25) is 0 Å². The van der Waals surface area contributed by atoms with Crippen molar-refractivity contribution >= 4 is 32.9 Å². The zero-order valence-electron chi connectivity index (χ0n) is 5.07. The van der Waals surface area contributed by atoms with Crippen molar-refractivity contribution in [2.24, 2.45) is 0 Å². The summed E-state index contributed by atoms with van der Waals surface area (Å²) >= 11 is 11.9. The van der Waals surface area contributed by atoms with E-state index < -0.39 is 0 Å². The molecule has 1 aromatic carbocycles. The third-order valence-corrected chi connectivity index (χ3v) is 1.21. The Labute approximate surface area is 84.2 Å². The molecule has 4 heteroatoms. The Morgan fingerprint density at radius 2 is 1.80 bits per heavy atom. The molecule has 10 heavy (non-hydrogen) atoms. The van der Waals surface area contributed by atoms with Gasteiger partial charge in [-0.05, 0) is 0 Å². The van der Waals surface area contributed by atoms with Crippen LogP contribution in [0.1, 0.15) is 0 Å². The molecule has 0 aliphatic rings. The Balaban J connectivity index is 0.000000371. The molecule has 1 rings (SSSR count). The summed E-state index contributed by atoms with van der Waals surface area (Å²) in [6.07, 6.45) is 0. The predicted octanol–water partition coefficient (Wildman–Crippen LogP) is 3.48. The Kier molecular flexibility index (Phi) is 6.88. The first-order valence-corrected chi connectivity index (χ1v) is 7.04. The van der Waals surface area contributed by atoms with E-state index in [0.29, 0.717) is 10.0 Å². The second-order valence-corrected chi connectivity index (χ2v) is 2.20. The van der Waals surface area contributed by atoms with Crippen molar-refractivity contribution in [3.05, 3.63) is 34.3 Å². The summed E-state index contributed by atoms with van der Waals surface area (Å²) in [7, 11) is 4.76. The van der Waals surface area contributed by atoms with Gasteiger partial charge >= 0.3 is 27.0 Å². The zero-order chi connectivity index (χ0) is 7.98. The van der Waals surface area contributed by atoms with E-state index in [4.69, 9.17) is 32.9 Å². The molecule has 0 aromatic heterocycles. The molecule has 0 heterocycles. The fraction of sp³-hybridized carbons (Fsp3) is 0. The fourth-order valence-electron chi connectivity index (χ4n) is 0.387. The summed E-state index contributed by atoms with van der Waals surface area (Å²) in [5, 5.41) is 1.25. The van der Waals surface area contributed by atoms with Crippen molar-refractivity contribution in [1.29, 1.82) is 0 Å². The summed E-state index contributed by atoms with van der Waals surface area (Å²) in [6, 6.07) is 7.78. The van der Waals surface area contributed by atoms with Gasteiger partial charge in [0.2, 0.25) is 0 Å². The van der Waals surface area contributed by atoms with E-state index in [9.17, 15) is 0 Å². The van der Waals surface area contributed by atoms with Crippen molar-refractivity contribution in [3.8, 4) is 0 Å². The Morgan fingerprint density at radius 3 is 2.10 bits per heavy atom. The van der Waals surface area contributed by atoms with Gasteiger partial charge in [0.05, 0.1) is 0 Å². The molecule has 0 saturated heterocycles. The molecule has 0 amide bonds. The fourth-order valence-corrected chi connectivity index (χ4v) is 0.622. The molecule has 0 bridgehead atoms. The minimum atomic E-state index is 0.592. The van der Waals surface area contributed by atoms with Gasteiger partial charge < -0.3 is 0 Å². The summed E-state index contributed by atoms with van der Waals surface area (Å²) < 4.78 is 0. The van der Waals surface area contributed by atoms with Crippen LogP contribution in [0.5, 0.6) is 0 Å². The second-order valence-electron chi connectivity index (χ2n) is 1.35. The average Bonchev–Trinajstić information content (AvgIpc) is 2.00. The van der Waals surface area contributed by atoms with E-state index in [1.165, 1.54) is 0 Å². The normalized spacial score (nSPS) is 8.10. The van der Waals surface area contributed by atoms with Gasteiger partial charge in [-0.25, -0.2) is 0 Å². The van der Waals surface area contributed by atoms with Gasteiger partial charge in [0.25, 0.3) is 0 Å². The van der Waals surface area contributed by atoms with Crippen LogP contribution in [-0.2, 0) is 17.3 Å². The standard InChI is InChI=1S/C6H3Cl2.ClH.Zn/c7-5-1-2-6(8)4-3-5;;/h1-3H;1H;/q-1;;+2/p-1. The van der Waals surface area contributed by atoms with E-state index in [2.05, 4.69) is 6.07 Å². The van der Waals surface area contributed by atoms with E-state index >= 15 is 0 Å². The first-order chi connectivity index (χ1) is 4.79. The molecule has 0 fully saturated rings. The van der Waals surface area contributed by atoms with Gasteiger partial charge in [-0.2, -0.15) is 35.9 Å². The first kappa shape index (κ1) is 10.7. The summed E-state index contributed by atoms with van der Waals surface area (Å²) in [5.41, 5.74) is 0. The quantitative estimate of drug-likeness (QED) is 0.486. The third-order valence-electron chi connectivity index (χ3n) is 0.737. The average molecular weight is 247 g/mol. The van der Waals surface area contributed by atoms with Crippen molar-refractivity contribution in [2.45, 2.75) is 0 Å². The molecular weight excluding hydrogens is 244 g/mol. The molecule has 0 nitrogen and oxygen atoms in total. The second kappa shape index (κ2) is 6.43. The minimum absolute atomic E-state index is 0.592. The van der Waals surface area contributed by atoms with Crippen molar-refractivity contribution in [2.75, 3.05) is 0 Å². The summed E-state index contributed by atoms with van der Waals surface area (Å²) in [6.45, 7) is 0. The number of hydrogen-bond donors (Lipinski definition) is 0. The van der Waals surface area contributed by atoms with Gasteiger partial charge in [0.1, 0.15) is 0 Å². The first-order valence-electron chi connectivity index (χ1n) is 2.38. The maximum absolute atomic E-state index is 5.52. The predicted molar refractivity (Wildman–Crippen MR) is 41.2 cm³/mol. The molecule has 0 aliphatic carbocycles. The van der Waals surface area contributed by atoms with Crippen LogP contribution < -0.4 is 0 Å². The van der Waals surface area contributed by atoms with Crippen LogP contribution in [0.4, 0.5) is 0 Å². The van der Waals surface area contributed by atoms with Crippen molar-refractivity contribution in [1.82, 2.24) is 0 Å². The molecule has 0 radical (unpaired) electrons.